The van der Waals surface area contributed by atoms with Crippen molar-refractivity contribution in [2.45, 2.75) is 45.4 Å². The van der Waals surface area contributed by atoms with Gasteiger partial charge in [0, 0.05) is 67.1 Å². The molecule has 3 heterocycles. The van der Waals surface area contributed by atoms with Crippen LogP contribution >= 0.6 is 0 Å². The van der Waals surface area contributed by atoms with E-state index in [0.717, 1.165) is 27.9 Å². The maximum atomic E-state index is 7.03. The smallest absolute Gasteiger partial charge is 0.333 e. The zero-order valence-electron chi connectivity index (χ0n) is 39.4. The van der Waals surface area contributed by atoms with E-state index in [1.165, 1.54) is 116 Å². The molecule has 0 unspecified atom stereocenters. The fourth-order valence-corrected chi connectivity index (χ4v) is 13.3. The van der Waals surface area contributed by atoms with Gasteiger partial charge in [-0.15, -0.1) is 0 Å². The highest BCUT2D eigenvalue weighted by Crippen LogP contribution is 2.57. The van der Waals surface area contributed by atoms with Crippen molar-refractivity contribution in [3.05, 3.63) is 222 Å². The van der Waals surface area contributed by atoms with Gasteiger partial charge in [0.2, 0.25) is 0 Å². The lowest BCUT2D eigenvalue weighted by atomic mass is 9.43. The number of para-hydroxylation sites is 1. The molecule has 2 aliphatic heterocycles. The first kappa shape index (κ1) is 39.0. The average Bonchev–Trinajstić information content (AvgIpc) is 3.95. The van der Waals surface area contributed by atoms with Gasteiger partial charge < -0.3 is 14.1 Å². The maximum Gasteiger partial charge on any atom is 0.333 e. The third-order valence-electron chi connectivity index (χ3n) is 16.5. The van der Waals surface area contributed by atoms with E-state index >= 15 is 0 Å². The van der Waals surface area contributed by atoms with E-state index in [2.05, 4.69) is 238 Å². The predicted octanol–water partition coefficient (Wildman–Crippen LogP) is 16.0. The highest BCUT2D eigenvalue weighted by Gasteiger charge is 2.49. The molecule has 2 aliphatic carbocycles. The van der Waals surface area contributed by atoms with Crippen molar-refractivity contribution in [1.29, 1.82) is 0 Å². The van der Waals surface area contributed by atoms with Crippen LogP contribution in [0.2, 0.25) is 0 Å². The van der Waals surface area contributed by atoms with E-state index in [1.807, 2.05) is 0 Å². The van der Waals surface area contributed by atoms with Crippen molar-refractivity contribution >= 4 is 78.9 Å². The van der Waals surface area contributed by atoms with Crippen LogP contribution in [0.25, 0.3) is 77.2 Å². The van der Waals surface area contributed by atoms with Crippen LogP contribution in [0, 0.1) is 6.92 Å². The van der Waals surface area contributed by atoms with Crippen LogP contribution in [0.1, 0.15) is 55.5 Å². The minimum atomic E-state index is -0.206. The van der Waals surface area contributed by atoms with Gasteiger partial charge >= 0.3 is 6.85 Å². The molecule has 0 saturated heterocycles. The topological polar surface area (TPSA) is 19.6 Å². The van der Waals surface area contributed by atoms with E-state index in [-0.39, 0.29) is 17.7 Å². The number of furan rings is 1. The van der Waals surface area contributed by atoms with Crippen LogP contribution < -0.4 is 20.6 Å². The van der Waals surface area contributed by atoms with Gasteiger partial charge in [0.05, 0.1) is 0 Å². The molecule has 0 N–H and O–H groups in total. The molecule has 0 saturated carbocycles. The molecule has 0 radical (unpaired) electrons. The second-order valence-corrected chi connectivity index (χ2v) is 20.8. The standard InChI is InChI=1S/C65H47BN2O/c1-38-33-41(39-17-7-6-8-18-39)28-32-55(38)67-56-36-53-49(45-22-12-15-25-51(45)65(53,4)5)35-54(56)66-62-57(67)37-59-60(46-23-13-16-26-58(46)69-59)61(62)47-30-27-40-19-9-10-20-43(40)63(47)68(66)42-29-31-52-48(34-42)44-21-11-14-24-50(44)64(52,2)3/h6-37H,1-5H3. The van der Waals surface area contributed by atoms with Gasteiger partial charge in [-0.2, -0.15) is 0 Å². The Morgan fingerprint density at radius 2 is 1.12 bits per heavy atom. The molecule has 0 spiro atoms. The van der Waals surface area contributed by atoms with E-state index in [1.54, 1.807) is 0 Å². The van der Waals surface area contributed by atoms with Crippen LogP contribution in [-0.2, 0) is 10.8 Å². The van der Waals surface area contributed by atoms with Crippen molar-refractivity contribution in [3.8, 4) is 44.5 Å². The molecule has 11 aromatic rings. The van der Waals surface area contributed by atoms with Gasteiger partial charge in [-0.05, 0) is 126 Å². The number of anilines is 5. The molecule has 4 aliphatic rings. The van der Waals surface area contributed by atoms with Gasteiger partial charge in [-0.3, -0.25) is 0 Å². The summed E-state index contributed by atoms with van der Waals surface area (Å²) in [5, 5.41) is 4.76. The number of hydrogen-bond acceptors (Lipinski definition) is 3. The molecule has 15 rings (SSSR count). The van der Waals surface area contributed by atoms with E-state index in [9.17, 15) is 0 Å². The predicted molar refractivity (Wildman–Crippen MR) is 290 cm³/mol. The van der Waals surface area contributed by atoms with Gasteiger partial charge in [0.25, 0.3) is 0 Å². The molecule has 10 aromatic carbocycles. The Kier molecular flexibility index (Phi) is 7.65. The van der Waals surface area contributed by atoms with Crippen LogP contribution in [0.5, 0.6) is 0 Å². The lowest BCUT2D eigenvalue weighted by Gasteiger charge is -2.47. The van der Waals surface area contributed by atoms with E-state index in [4.69, 9.17) is 4.42 Å². The summed E-state index contributed by atoms with van der Waals surface area (Å²) in [6.45, 7) is 11.6. The second kappa shape index (κ2) is 13.5. The zero-order valence-corrected chi connectivity index (χ0v) is 39.4. The summed E-state index contributed by atoms with van der Waals surface area (Å²) in [5.41, 5.74) is 26.8. The monoisotopic (exact) mass is 882 g/mol. The Balaban J connectivity index is 1.11. The number of fused-ring (bicyclic) bond motifs is 16. The Hall–Kier alpha value is -8.08. The Morgan fingerprint density at radius 3 is 1.90 bits per heavy atom. The third-order valence-corrected chi connectivity index (χ3v) is 16.5. The Labute approximate surface area is 403 Å². The first-order valence-electron chi connectivity index (χ1n) is 24.5. The highest BCUT2D eigenvalue weighted by molar-refractivity contribution is 6.94. The SMILES string of the molecule is Cc1cc(-c2ccccc2)ccc1N1c2cc3c(cc2B2c4c1cc1oc5ccccc5c1c4-c1ccc4ccccc4c1N2c1ccc2c(c1)-c1ccccc1C2(C)C)-c1ccccc1C3(C)C. The molecular weight excluding hydrogens is 836 g/mol. The molecule has 0 fully saturated rings. The lowest BCUT2D eigenvalue weighted by molar-refractivity contribution is 0.660. The summed E-state index contributed by atoms with van der Waals surface area (Å²) in [6.07, 6.45) is 0. The summed E-state index contributed by atoms with van der Waals surface area (Å²) in [7, 11) is 0. The van der Waals surface area contributed by atoms with Crippen LogP contribution in [0.4, 0.5) is 28.4 Å². The molecule has 69 heavy (non-hydrogen) atoms. The van der Waals surface area contributed by atoms with Crippen molar-refractivity contribution < 1.29 is 4.42 Å². The average molecular weight is 883 g/mol. The first-order valence-corrected chi connectivity index (χ1v) is 24.5. The summed E-state index contributed by atoms with van der Waals surface area (Å²) < 4.78 is 7.03. The maximum absolute atomic E-state index is 7.03. The molecule has 1 aromatic heterocycles. The lowest BCUT2D eigenvalue weighted by Crippen LogP contribution is -2.61. The Morgan fingerprint density at radius 1 is 0.449 bits per heavy atom. The van der Waals surface area contributed by atoms with Crippen LogP contribution in [0.3, 0.4) is 0 Å². The van der Waals surface area contributed by atoms with Crippen molar-refractivity contribution in [3.63, 3.8) is 0 Å². The fourth-order valence-electron chi connectivity index (χ4n) is 13.3. The molecule has 3 nitrogen and oxygen atoms in total. The third kappa shape index (κ3) is 5.08. The summed E-state index contributed by atoms with van der Waals surface area (Å²) in [6, 6.07) is 73.1. The fraction of sp³-hybridized carbons (Fsp3) is 0.108. The highest BCUT2D eigenvalue weighted by atomic mass is 16.3. The minimum absolute atomic E-state index is 0.114. The molecule has 0 amide bonds. The number of benzene rings is 10. The van der Waals surface area contributed by atoms with Crippen molar-refractivity contribution in [2.75, 3.05) is 9.71 Å². The summed E-state index contributed by atoms with van der Waals surface area (Å²) >= 11 is 0. The molecule has 0 atom stereocenters. The largest absolute Gasteiger partial charge is 0.456 e. The number of rotatable bonds is 3. The van der Waals surface area contributed by atoms with Crippen molar-refractivity contribution in [1.82, 2.24) is 0 Å². The Bertz CT molecular complexity index is 4060. The van der Waals surface area contributed by atoms with E-state index in [0.29, 0.717) is 0 Å². The minimum Gasteiger partial charge on any atom is -0.456 e. The number of nitrogens with zero attached hydrogens (tertiary/aromatic N) is 2. The normalized spacial score (nSPS) is 15.2. The summed E-state index contributed by atoms with van der Waals surface area (Å²) in [4.78, 5) is 5.32. The van der Waals surface area contributed by atoms with Crippen LogP contribution in [0.15, 0.2) is 199 Å². The van der Waals surface area contributed by atoms with Crippen molar-refractivity contribution in [2.24, 2.45) is 0 Å². The van der Waals surface area contributed by atoms with Crippen LogP contribution in [-0.4, -0.2) is 6.85 Å². The second-order valence-electron chi connectivity index (χ2n) is 20.8. The molecular formula is C65H47BN2O. The van der Waals surface area contributed by atoms with Gasteiger partial charge in [0.1, 0.15) is 11.2 Å². The number of aryl methyl sites for hydroxylation is 1. The molecule has 0 bridgehead atoms. The van der Waals surface area contributed by atoms with Gasteiger partial charge in [0.15, 0.2) is 0 Å². The quantitative estimate of drug-likeness (QED) is 0.165. The molecule has 4 heteroatoms. The summed E-state index contributed by atoms with van der Waals surface area (Å²) in [5.74, 6) is 0. The number of hydrogen-bond donors (Lipinski definition) is 0. The van der Waals surface area contributed by atoms with Gasteiger partial charge in [-0.25, -0.2) is 0 Å². The first-order chi connectivity index (χ1) is 33.7. The van der Waals surface area contributed by atoms with Gasteiger partial charge in [-0.1, -0.05) is 179 Å². The zero-order chi connectivity index (χ0) is 46.1. The van der Waals surface area contributed by atoms with E-state index < -0.39 is 0 Å². The molecule has 326 valence electrons.